The lowest BCUT2D eigenvalue weighted by molar-refractivity contribution is 0.0785. The van der Waals surface area contributed by atoms with Crippen LogP contribution in [0, 0.1) is 0 Å². The second kappa shape index (κ2) is 6.91. The first-order valence-electron chi connectivity index (χ1n) is 6.68. The van der Waals surface area contributed by atoms with E-state index in [1.165, 1.54) is 23.1 Å². The number of carbonyl (C=O) groups is 1. The van der Waals surface area contributed by atoms with Crippen LogP contribution in [0.25, 0.3) is 0 Å². The van der Waals surface area contributed by atoms with Crippen molar-refractivity contribution in [3.05, 3.63) is 63.6 Å². The van der Waals surface area contributed by atoms with E-state index in [9.17, 15) is 13.2 Å². The van der Waals surface area contributed by atoms with E-state index in [1.807, 2.05) is 18.2 Å². The van der Waals surface area contributed by atoms with Gasteiger partial charge in [-0.15, -0.1) is 0 Å². The van der Waals surface area contributed by atoms with Crippen LogP contribution >= 0.6 is 23.2 Å². The van der Waals surface area contributed by atoms with Gasteiger partial charge in [0.05, 0.1) is 9.92 Å². The zero-order valence-corrected chi connectivity index (χ0v) is 14.9. The maximum absolute atomic E-state index is 12.5. The Morgan fingerprint density at radius 3 is 2.35 bits per heavy atom. The summed E-state index contributed by atoms with van der Waals surface area (Å²) in [6.07, 6.45) is 1.05. The molecule has 0 saturated carbocycles. The predicted molar refractivity (Wildman–Crippen MR) is 91.8 cm³/mol. The van der Waals surface area contributed by atoms with Gasteiger partial charge < -0.3 is 4.90 Å². The van der Waals surface area contributed by atoms with Gasteiger partial charge in [0, 0.05) is 30.4 Å². The maximum Gasteiger partial charge on any atom is 0.253 e. The van der Waals surface area contributed by atoms with Crippen LogP contribution in [0.2, 0.25) is 10.0 Å². The summed E-state index contributed by atoms with van der Waals surface area (Å²) >= 11 is 12.0. The number of hydrogen-bond donors (Lipinski definition) is 0. The minimum atomic E-state index is -3.50. The molecule has 2 aromatic rings. The highest BCUT2D eigenvalue weighted by Crippen LogP contribution is 2.24. The smallest absolute Gasteiger partial charge is 0.253 e. The summed E-state index contributed by atoms with van der Waals surface area (Å²) in [6, 6.07) is 11.4. The molecule has 0 bridgehead atoms. The fourth-order valence-electron chi connectivity index (χ4n) is 2.09. The largest absolute Gasteiger partial charge is 0.337 e. The number of halogens is 2. The third-order valence-corrected chi connectivity index (χ3v) is 5.24. The number of carbonyl (C=O) groups excluding carboxylic acids is 1. The number of nitrogens with zero attached hydrogens (tertiary/aromatic N) is 1. The van der Waals surface area contributed by atoms with Gasteiger partial charge in [-0.25, -0.2) is 8.42 Å². The molecule has 0 atom stereocenters. The molecule has 4 nitrogen and oxygen atoms in total. The van der Waals surface area contributed by atoms with Gasteiger partial charge in [0.15, 0.2) is 9.84 Å². The van der Waals surface area contributed by atoms with Crippen molar-refractivity contribution in [3.8, 4) is 0 Å². The highest BCUT2D eigenvalue weighted by molar-refractivity contribution is 7.90. The van der Waals surface area contributed by atoms with Crippen molar-refractivity contribution in [1.29, 1.82) is 0 Å². The molecule has 122 valence electrons. The topological polar surface area (TPSA) is 54.5 Å². The number of amides is 1. The van der Waals surface area contributed by atoms with Crippen LogP contribution in [0.3, 0.4) is 0 Å². The highest BCUT2D eigenvalue weighted by atomic mass is 35.5. The Morgan fingerprint density at radius 2 is 1.74 bits per heavy atom. The molecule has 7 heteroatoms. The van der Waals surface area contributed by atoms with Crippen molar-refractivity contribution in [1.82, 2.24) is 4.90 Å². The molecule has 0 spiro atoms. The van der Waals surface area contributed by atoms with Crippen LogP contribution in [-0.4, -0.2) is 32.5 Å². The Hall–Kier alpha value is -1.56. The van der Waals surface area contributed by atoms with E-state index in [0.717, 1.165) is 11.8 Å². The summed E-state index contributed by atoms with van der Waals surface area (Å²) < 4.78 is 23.4. The molecule has 0 saturated heterocycles. The monoisotopic (exact) mass is 371 g/mol. The summed E-state index contributed by atoms with van der Waals surface area (Å²) in [4.78, 5) is 13.9. The molecule has 2 rings (SSSR count). The molecule has 2 aromatic carbocycles. The van der Waals surface area contributed by atoms with E-state index in [0.29, 0.717) is 11.6 Å². The van der Waals surface area contributed by atoms with Crippen LogP contribution in [-0.2, 0) is 16.4 Å². The maximum atomic E-state index is 12.5. The fourth-order valence-corrected chi connectivity index (χ4v) is 3.59. The lowest BCUT2D eigenvalue weighted by Gasteiger charge is -2.18. The standard InChI is InChI=1S/C16H15Cl2NO3S/c1-19(10-12-5-3-4-6-13(12)17)16(20)11-7-8-14(18)15(9-11)23(2,21)22/h3-9H,10H2,1-2H3. The van der Waals surface area contributed by atoms with Crippen LogP contribution in [0.15, 0.2) is 47.4 Å². The Morgan fingerprint density at radius 1 is 1.09 bits per heavy atom. The molecule has 0 aliphatic heterocycles. The highest BCUT2D eigenvalue weighted by Gasteiger charge is 2.18. The van der Waals surface area contributed by atoms with Crippen LogP contribution in [0.4, 0.5) is 0 Å². The minimum Gasteiger partial charge on any atom is -0.337 e. The average molecular weight is 372 g/mol. The molecule has 23 heavy (non-hydrogen) atoms. The number of sulfone groups is 1. The summed E-state index contributed by atoms with van der Waals surface area (Å²) in [5.74, 6) is -0.313. The lowest BCUT2D eigenvalue weighted by atomic mass is 10.1. The van der Waals surface area contributed by atoms with E-state index in [2.05, 4.69) is 0 Å². The van der Waals surface area contributed by atoms with E-state index >= 15 is 0 Å². The summed E-state index contributed by atoms with van der Waals surface area (Å²) in [5.41, 5.74) is 1.06. The summed E-state index contributed by atoms with van der Waals surface area (Å²) in [5, 5.41) is 0.665. The van der Waals surface area contributed by atoms with Gasteiger partial charge in [-0.3, -0.25) is 4.79 Å². The normalized spacial score (nSPS) is 11.3. The number of hydrogen-bond acceptors (Lipinski definition) is 3. The number of rotatable bonds is 4. The summed E-state index contributed by atoms with van der Waals surface area (Å²) in [7, 11) is -1.88. The average Bonchev–Trinajstić information content (AvgIpc) is 2.48. The second-order valence-electron chi connectivity index (χ2n) is 5.17. The van der Waals surface area contributed by atoms with E-state index < -0.39 is 9.84 Å². The van der Waals surface area contributed by atoms with Crippen molar-refractivity contribution in [2.45, 2.75) is 11.4 Å². The van der Waals surface area contributed by atoms with Gasteiger partial charge in [-0.1, -0.05) is 41.4 Å². The van der Waals surface area contributed by atoms with E-state index in [4.69, 9.17) is 23.2 Å². The first kappa shape index (κ1) is 17.8. The zero-order chi connectivity index (χ0) is 17.2. The van der Waals surface area contributed by atoms with Crippen molar-refractivity contribution in [2.75, 3.05) is 13.3 Å². The Labute approximate surface area is 145 Å². The molecule has 0 fully saturated rings. The second-order valence-corrected chi connectivity index (χ2v) is 7.97. The molecule has 0 aliphatic rings. The van der Waals surface area contributed by atoms with Gasteiger partial charge in [-0.2, -0.15) is 0 Å². The van der Waals surface area contributed by atoms with Gasteiger partial charge in [0.2, 0.25) is 0 Å². The van der Waals surface area contributed by atoms with E-state index in [1.54, 1.807) is 13.1 Å². The fraction of sp³-hybridized carbons (Fsp3) is 0.188. The molecule has 0 heterocycles. The molecule has 0 unspecified atom stereocenters. The lowest BCUT2D eigenvalue weighted by Crippen LogP contribution is -2.26. The quantitative estimate of drug-likeness (QED) is 0.823. The van der Waals surface area contributed by atoms with E-state index in [-0.39, 0.29) is 21.4 Å². The Bertz CT molecular complexity index is 850. The van der Waals surface area contributed by atoms with Crippen molar-refractivity contribution in [2.24, 2.45) is 0 Å². The molecule has 0 radical (unpaired) electrons. The Balaban J connectivity index is 2.28. The van der Waals surface area contributed by atoms with Crippen molar-refractivity contribution >= 4 is 38.9 Å². The van der Waals surface area contributed by atoms with Gasteiger partial charge >= 0.3 is 0 Å². The van der Waals surface area contributed by atoms with Crippen molar-refractivity contribution < 1.29 is 13.2 Å². The summed E-state index contributed by atoms with van der Waals surface area (Å²) in [6.45, 7) is 0.315. The first-order chi connectivity index (χ1) is 10.7. The Kier molecular flexibility index (Phi) is 5.34. The first-order valence-corrected chi connectivity index (χ1v) is 9.33. The molecule has 1 amide bonds. The molecular formula is C16H15Cl2NO3S. The van der Waals surface area contributed by atoms with Crippen LogP contribution in [0.1, 0.15) is 15.9 Å². The van der Waals surface area contributed by atoms with Gasteiger partial charge in [0.25, 0.3) is 5.91 Å². The van der Waals surface area contributed by atoms with Gasteiger partial charge in [0.1, 0.15) is 0 Å². The SMILES string of the molecule is CN(Cc1ccccc1Cl)C(=O)c1ccc(Cl)c(S(C)(=O)=O)c1. The predicted octanol–water partition coefficient (Wildman–Crippen LogP) is 3.67. The van der Waals surface area contributed by atoms with Gasteiger partial charge in [-0.05, 0) is 29.8 Å². The zero-order valence-electron chi connectivity index (χ0n) is 12.6. The molecule has 0 aromatic heterocycles. The number of benzene rings is 2. The molecule has 0 aliphatic carbocycles. The van der Waals surface area contributed by atoms with Crippen LogP contribution < -0.4 is 0 Å². The van der Waals surface area contributed by atoms with Crippen LogP contribution in [0.5, 0.6) is 0 Å². The third-order valence-electron chi connectivity index (χ3n) is 3.29. The molecule has 0 N–H and O–H groups in total. The minimum absolute atomic E-state index is 0.0591. The third kappa shape index (κ3) is 4.25. The van der Waals surface area contributed by atoms with Crippen molar-refractivity contribution in [3.63, 3.8) is 0 Å². The molecular weight excluding hydrogens is 357 g/mol.